The van der Waals surface area contributed by atoms with Crippen LogP contribution >= 0.6 is 11.3 Å². The third-order valence-electron chi connectivity index (χ3n) is 6.08. The number of benzene rings is 1. The molecule has 186 valence electrons. The molecule has 0 spiro atoms. The highest BCUT2D eigenvalue weighted by Crippen LogP contribution is 2.36. The third-order valence-corrected chi connectivity index (χ3v) is 7.37. The van der Waals surface area contributed by atoms with Gasteiger partial charge in [-0.1, -0.05) is 6.07 Å². The van der Waals surface area contributed by atoms with Gasteiger partial charge in [0.05, 0.1) is 12.2 Å². The molecule has 1 aliphatic rings. The minimum Gasteiger partial charge on any atom is -0.450 e. The van der Waals surface area contributed by atoms with E-state index >= 15 is 0 Å². The highest BCUT2D eigenvalue weighted by molar-refractivity contribution is 7.15. The molecule has 0 unspecified atom stereocenters. The van der Waals surface area contributed by atoms with Gasteiger partial charge in [-0.2, -0.15) is 4.68 Å². The van der Waals surface area contributed by atoms with E-state index in [0.29, 0.717) is 25.3 Å². The number of tetrazole rings is 1. The van der Waals surface area contributed by atoms with Crippen LogP contribution in [0.15, 0.2) is 30.5 Å². The number of thiophene rings is 1. The fourth-order valence-electron chi connectivity index (χ4n) is 4.14. The second kappa shape index (κ2) is 9.61. The lowest BCUT2D eigenvalue weighted by Gasteiger charge is -2.19. The Bertz CT molecular complexity index is 1430. The van der Waals surface area contributed by atoms with Gasteiger partial charge in [0.25, 0.3) is 0 Å². The molecule has 0 saturated carbocycles. The summed E-state index contributed by atoms with van der Waals surface area (Å²) in [5.74, 6) is -1.71. The summed E-state index contributed by atoms with van der Waals surface area (Å²) in [7, 11) is 0. The summed E-state index contributed by atoms with van der Waals surface area (Å²) in [4.78, 5) is 20.3. The predicted molar refractivity (Wildman–Crippen MR) is 131 cm³/mol. The Kier molecular flexibility index (Phi) is 6.35. The first-order valence-electron chi connectivity index (χ1n) is 11.4. The van der Waals surface area contributed by atoms with Gasteiger partial charge in [-0.05, 0) is 66.4 Å². The van der Waals surface area contributed by atoms with Crippen LogP contribution in [0.4, 0.5) is 19.4 Å². The molecular formula is C24H23F2N7O2S. The molecule has 4 aromatic rings. The normalized spacial score (nSPS) is 13.4. The van der Waals surface area contributed by atoms with E-state index in [-0.39, 0.29) is 29.0 Å². The number of amides is 1. The molecule has 0 fully saturated rings. The number of carbonyl (C=O) groups excluding carboxylic acids is 1. The van der Waals surface area contributed by atoms with Crippen molar-refractivity contribution in [1.29, 1.82) is 0 Å². The molecule has 0 bridgehead atoms. The molecule has 0 saturated heterocycles. The number of hydrogen-bond donors (Lipinski definition) is 1. The smallest absolute Gasteiger partial charge is 0.409 e. The first-order chi connectivity index (χ1) is 17.4. The number of nitrogen functional groups attached to an aromatic ring is 1. The largest absolute Gasteiger partial charge is 0.450 e. The van der Waals surface area contributed by atoms with E-state index in [9.17, 15) is 13.6 Å². The van der Waals surface area contributed by atoms with Crippen molar-refractivity contribution >= 4 is 23.2 Å². The second-order valence-corrected chi connectivity index (χ2v) is 9.48. The minimum atomic E-state index is -1.05. The van der Waals surface area contributed by atoms with Gasteiger partial charge in [-0.25, -0.2) is 18.6 Å². The fraction of sp³-hybridized carbons (Fsp3) is 0.292. The number of nitrogens with zero attached hydrogens (tertiary/aromatic N) is 6. The van der Waals surface area contributed by atoms with Gasteiger partial charge in [-0.15, -0.1) is 16.4 Å². The predicted octanol–water partition coefficient (Wildman–Crippen LogP) is 4.18. The maximum Gasteiger partial charge on any atom is 0.409 e. The molecule has 0 aliphatic carbocycles. The van der Waals surface area contributed by atoms with E-state index in [2.05, 4.69) is 26.6 Å². The monoisotopic (exact) mass is 511 g/mol. The highest BCUT2D eigenvalue weighted by atomic mass is 32.1. The average Bonchev–Trinajstić information content (AvgIpc) is 3.46. The topological polar surface area (TPSA) is 112 Å². The van der Waals surface area contributed by atoms with E-state index in [1.165, 1.54) is 29.5 Å². The SMILES string of the molecule is CCOC(=O)N1CCc2cc(-c3cnc(N)c(-c4nnnn4-c4ccc(C)c(F)c4F)c3)sc2CC1. The van der Waals surface area contributed by atoms with Gasteiger partial charge in [0.15, 0.2) is 17.5 Å². The molecule has 3 aromatic heterocycles. The number of hydrogen-bond acceptors (Lipinski definition) is 8. The van der Waals surface area contributed by atoms with Gasteiger partial charge >= 0.3 is 6.09 Å². The van der Waals surface area contributed by atoms with Crippen LogP contribution in [0.3, 0.4) is 0 Å². The van der Waals surface area contributed by atoms with Crippen LogP contribution in [-0.4, -0.2) is 55.9 Å². The molecule has 2 N–H and O–H groups in total. The molecular weight excluding hydrogens is 488 g/mol. The zero-order valence-electron chi connectivity index (χ0n) is 19.7. The van der Waals surface area contributed by atoms with Crippen LogP contribution in [0.2, 0.25) is 0 Å². The Labute approximate surface area is 209 Å². The van der Waals surface area contributed by atoms with Crippen molar-refractivity contribution in [1.82, 2.24) is 30.1 Å². The number of nitrogens with two attached hydrogens (primary N) is 1. The number of fused-ring (bicyclic) bond motifs is 1. The summed E-state index contributed by atoms with van der Waals surface area (Å²) < 4.78 is 35.1. The molecule has 4 heterocycles. The maximum atomic E-state index is 14.7. The van der Waals surface area contributed by atoms with E-state index < -0.39 is 11.6 Å². The molecule has 5 rings (SSSR count). The Morgan fingerprint density at radius 3 is 2.81 bits per heavy atom. The third kappa shape index (κ3) is 4.28. The first kappa shape index (κ1) is 23.8. The van der Waals surface area contributed by atoms with Crippen LogP contribution in [0.1, 0.15) is 22.9 Å². The van der Waals surface area contributed by atoms with Crippen LogP contribution in [0.25, 0.3) is 27.5 Å². The van der Waals surface area contributed by atoms with Crippen LogP contribution in [-0.2, 0) is 17.6 Å². The van der Waals surface area contributed by atoms with Crippen molar-refractivity contribution in [3.8, 4) is 27.5 Å². The molecule has 36 heavy (non-hydrogen) atoms. The number of pyridine rings is 1. The van der Waals surface area contributed by atoms with Crippen molar-refractivity contribution in [3.05, 3.63) is 58.1 Å². The minimum absolute atomic E-state index is 0.128. The molecule has 9 nitrogen and oxygen atoms in total. The summed E-state index contributed by atoms with van der Waals surface area (Å²) in [6.45, 7) is 4.79. The highest BCUT2D eigenvalue weighted by Gasteiger charge is 2.23. The van der Waals surface area contributed by atoms with E-state index in [1.807, 2.05) is 0 Å². The van der Waals surface area contributed by atoms with E-state index in [0.717, 1.165) is 28.0 Å². The Hall–Kier alpha value is -3.93. The summed E-state index contributed by atoms with van der Waals surface area (Å²) >= 11 is 1.62. The van der Waals surface area contributed by atoms with Gasteiger partial charge in [-0.3, -0.25) is 0 Å². The van der Waals surface area contributed by atoms with Crippen molar-refractivity contribution in [2.75, 3.05) is 25.4 Å². The summed E-state index contributed by atoms with van der Waals surface area (Å²) in [6.07, 6.45) is 2.82. The molecule has 1 aromatic carbocycles. The number of ether oxygens (including phenoxy) is 1. The molecule has 0 atom stereocenters. The number of halogens is 2. The number of rotatable bonds is 4. The van der Waals surface area contributed by atoms with Crippen molar-refractivity contribution in [3.63, 3.8) is 0 Å². The number of aromatic nitrogens is 5. The van der Waals surface area contributed by atoms with Gasteiger partial charge in [0, 0.05) is 34.6 Å². The van der Waals surface area contributed by atoms with Crippen LogP contribution < -0.4 is 5.73 Å². The summed E-state index contributed by atoms with van der Waals surface area (Å²) in [6, 6.07) is 6.75. The molecule has 1 aliphatic heterocycles. The second-order valence-electron chi connectivity index (χ2n) is 8.35. The zero-order valence-corrected chi connectivity index (χ0v) is 20.5. The van der Waals surface area contributed by atoms with Crippen molar-refractivity contribution in [2.45, 2.75) is 26.7 Å². The van der Waals surface area contributed by atoms with Crippen molar-refractivity contribution in [2.24, 2.45) is 0 Å². The first-order valence-corrected chi connectivity index (χ1v) is 12.2. The van der Waals surface area contributed by atoms with Gasteiger partial charge in [0.2, 0.25) is 0 Å². The van der Waals surface area contributed by atoms with Gasteiger partial charge < -0.3 is 15.4 Å². The fourth-order valence-corrected chi connectivity index (χ4v) is 5.32. The van der Waals surface area contributed by atoms with Crippen molar-refractivity contribution < 1.29 is 18.3 Å². The number of carbonyl (C=O) groups is 1. The summed E-state index contributed by atoms with van der Waals surface area (Å²) in [5.41, 5.74) is 8.56. The average molecular weight is 512 g/mol. The summed E-state index contributed by atoms with van der Waals surface area (Å²) in [5, 5.41) is 11.5. The molecule has 1 amide bonds. The standard InChI is InChI=1S/C24H23F2N7O2S/c1-3-35-24(34)32-8-6-14-11-19(36-18(14)7-9-32)15-10-16(22(27)28-12-15)23-29-30-31-33(23)17-5-4-13(2)20(25)21(17)26/h4-5,10-12H,3,6-9H2,1-2H3,(H2,27,28). The Morgan fingerprint density at radius 1 is 1.19 bits per heavy atom. The van der Waals surface area contributed by atoms with E-state index in [1.54, 1.807) is 35.4 Å². The van der Waals surface area contributed by atoms with Gasteiger partial charge in [0.1, 0.15) is 11.5 Å². The Balaban J connectivity index is 1.47. The lowest BCUT2D eigenvalue weighted by Crippen LogP contribution is -2.33. The maximum absolute atomic E-state index is 14.7. The molecule has 12 heteroatoms. The lowest BCUT2D eigenvalue weighted by atomic mass is 10.1. The van der Waals surface area contributed by atoms with Crippen LogP contribution in [0, 0.1) is 18.6 Å². The molecule has 0 radical (unpaired) electrons. The van der Waals surface area contributed by atoms with Crippen LogP contribution in [0.5, 0.6) is 0 Å². The van der Waals surface area contributed by atoms with E-state index in [4.69, 9.17) is 10.5 Å². The zero-order chi connectivity index (χ0) is 25.4. The number of anilines is 1. The number of aryl methyl sites for hydroxylation is 1. The lowest BCUT2D eigenvalue weighted by molar-refractivity contribution is 0.109. The quantitative estimate of drug-likeness (QED) is 0.437. The Morgan fingerprint density at radius 2 is 2.00 bits per heavy atom.